The van der Waals surface area contributed by atoms with E-state index in [1.165, 1.54) is 12.1 Å². The zero-order valence-electron chi connectivity index (χ0n) is 9.97. The quantitative estimate of drug-likeness (QED) is 0.720. The molecule has 0 fully saturated rings. The molecule has 0 heterocycles. The number of phenolic OH excluding ortho intramolecular Hbond substituents is 1. The van der Waals surface area contributed by atoms with Gasteiger partial charge in [0.1, 0.15) is 10.6 Å². The van der Waals surface area contributed by atoms with Gasteiger partial charge in [0.25, 0.3) is 0 Å². The number of hydrogen-bond acceptors (Lipinski definition) is 4. The van der Waals surface area contributed by atoms with Crippen molar-refractivity contribution in [3.05, 3.63) is 23.8 Å². The molecule has 96 valence electrons. The number of nitrogens with two attached hydrogens (primary N) is 1. The number of aromatic hydroxyl groups is 1. The van der Waals surface area contributed by atoms with Crippen LogP contribution in [0.5, 0.6) is 5.75 Å². The van der Waals surface area contributed by atoms with E-state index in [4.69, 9.17) is 5.14 Å². The smallest absolute Gasteiger partial charge is 0.241 e. The van der Waals surface area contributed by atoms with E-state index >= 15 is 0 Å². The largest absolute Gasteiger partial charge is 0.507 e. The van der Waals surface area contributed by atoms with Gasteiger partial charge < -0.3 is 10.4 Å². The summed E-state index contributed by atoms with van der Waals surface area (Å²) in [6.07, 6.45) is 0.677. The van der Waals surface area contributed by atoms with Crippen LogP contribution in [-0.4, -0.2) is 26.1 Å². The molecule has 1 aromatic carbocycles. The molecular formula is C11H18N2O3S. The molecule has 0 aromatic heterocycles. The Balaban J connectivity index is 2.97. The summed E-state index contributed by atoms with van der Waals surface area (Å²) in [5.74, 6) is -0.313. The number of likely N-dealkylation sites (N-methyl/N-ethyl adjacent to an activating group) is 1. The third kappa shape index (κ3) is 3.99. The molecule has 0 saturated carbocycles. The van der Waals surface area contributed by atoms with E-state index < -0.39 is 10.0 Å². The monoisotopic (exact) mass is 258 g/mol. The minimum Gasteiger partial charge on any atom is -0.507 e. The fourth-order valence-corrected chi connectivity index (χ4v) is 2.36. The van der Waals surface area contributed by atoms with Crippen molar-refractivity contribution in [2.24, 2.45) is 5.14 Å². The second-order valence-electron chi connectivity index (χ2n) is 4.01. The van der Waals surface area contributed by atoms with Gasteiger partial charge in [0.2, 0.25) is 10.0 Å². The summed E-state index contributed by atoms with van der Waals surface area (Å²) >= 11 is 0. The van der Waals surface area contributed by atoms with Crippen LogP contribution in [0.1, 0.15) is 19.4 Å². The highest BCUT2D eigenvalue weighted by atomic mass is 32.2. The van der Waals surface area contributed by atoms with Gasteiger partial charge in [-0.25, -0.2) is 13.6 Å². The number of nitrogens with one attached hydrogen (secondary N) is 1. The van der Waals surface area contributed by atoms with Crippen LogP contribution >= 0.6 is 0 Å². The van der Waals surface area contributed by atoms with Crippen molar-refractivity contribution in [1.29, 1.82) is 0 Å². The molecule has 5 nitrogen and oxygen atoms in total. The Kier molecular flexibility index (Phi) is 4.50. The highest BCUT2D eigenvalue weighted by Gasteiger charge is 2.14. The van der Waals surface area contributed by atoms with Gasteiger partial charge in [-0.05, 0) is 37.6 Å². The molecule has 0 aliphatic carbocycles. The first-order valence-electron chi connectivity index (χ1n) is 5.42. The second-order valence-corrected chi connectivity index (χ2v) is 5.54. The average molecular weight is 258 g/mol. The molecule has 0 saturated heterocycles. The van der Waals surface area contributed by atoms with E-state index in [1.54, 1.807) is 6.07 Å². The fraction of sp³-hybridized carbons (Fsp3) is 0.455. The molecule has 0 spiro atoms. The summed E-state index contributed by atoms with van der Waals surface area (Å²) in [6.45, 7) is 4.86. The molecular weight excluding hydrogens is 240 g/mol. The van der Waals surface area contributed by atoms with Crippen molar-refractivity contribution in [3.8, 4) is 5.75 Å². The van der Waals surface area contributed by atoms with E-state index in [1.807, 2.05) is 13.8 Å². The standard InChI is InChI=1S/C11H18N2O3S/c1-3-13-8(2)6-9-4-5-10(14)11(7-9)17(12,15)16/h4-5,7-8,13-14H,3,6H2,1-2H3,(H2,12,15,16)/t8-/m1/s1. The Labute approximate surface area is 102 Å². The first kappa shape index (κ1) is 14.0. The van der Waals surface area contributed by atoms with E-state index in [0.29, 0.717) is 6.42 Å². The van der Waals surface area contributed by atoms with Gasteiger partial charge >= 0.3 is 0 Å². The normalized spacial score (nSPS) is 13.6. The molecule has 0 radical (unpaired) electrons. The van der Waals surface area contributed by atoms with Crippen molar-refractivity contribution in [1.82, 2.24) is 5.32 Å². The third-order valence-electron chi connectivity index (χ3n) is 2.43. The van der Waals surface area contributed by atoms with Crippen LogP contribution < -0.4 is 10.5 Å². The fourth-order valence-electron chi connectivity index (χ4n) is 1.69. The molecule has 1 atom stereocenters. The Bertz CT molecular complexity index is 485. The maximum absolute atomic E-state index is 11.2. The first-order valence-corrected chi connectivity index (χ1v) is 6.97. The molecule has 1 aromatic rings. The summed E-state index contributed by atoms with van der Waals surface area (Å²) in [7, 11) is -3.87. The Morgan fingerprint density at radius 1 is 1.47 bits per heavy atom. The van der Waals surface area contributed by atoms with Crippen LogP contribution in [0.4, 0.5) is 0 Å². The highest BCUT2D eigenvalue weighted by molar-refractivity contribution is 7.89. The average Bonchev–Trinajstić information content (AvgIpc) is 2.19. The second kappa shape index (κ2) is 5.48. The van der Waals surface area contributed by atoms with Crippen molar-refractivity contribution in [3.63, 3.8) is 0 Å². The third-order valence-corrected chi connectivity index (χ3v) is 3.37. The van der Waals surface area contributed by atoms with Crippen LogP contribution in [0.3, 0.4) is 0 Å². The lowest BCUT2D eigenvalue weighted by atomic mass is 10.1. The number of phenols is 1. The van der Waals surface area contributed by atoms with Gasteiger partial charge in [0, 0.05) is 6.04 Å². The Morgan fingerprint density at radius 3 is 2.65 bits per heavy atom. The van der Waals surface area contributed by atoms with Gasteiger partial charge in [-0.1, -0.05) is 13.0 Å². The predicted octanol–water partition coefficient (Wildman–Crippen LogP) is 0.580. The van der Waals surface area contributed by atoms with Crippen molar-refractivity contribution in [2.75, 3.05) is 6.54 Å². The van der Waals surface area contributed by atoms with Crippen LogP contribution in [0.2, 0.25) is 0 Å². The van der Waals surface area contributed by atoms with Crippen LogP contribution in [0, 0.1) is 0 Å². The van der Waals surface area contributed by atoms with E-state index in [-0.39, 0.29) is 16.7 Å². The lowest BCUT2D eigenvalue weighted by Gasteiger charge is -2.13. The van der Waals surface area contributed by atoms with Crippen molar-refractivity contribution < 1.29 is 13.5 Å². The van der Waals surface area contributed by atoms with Gasteiger partial charge in [-0.2, -0.15) is 0 Å². The van der Waals surface area contributed by atoms with E-state index in [9.17, 15) is 13.5 Å². The number of primary sulfonamides is 1. The Morgan fingerprint density at radius 2 is 2.12 bits per heavy atom. The molecule has 0 amide bonds. The molecule has 6 heteroatoms. The zero-order chi connectivity index (χ0) is 13.1. The molecule has 0 bridgehead atoms. The van der Waals surface area contributed by atoms with Gasteiger partial charge in [0.15, 0.2) is 0 Å². The topological polar surface area (TPSA) is 92.4 Å². The molecule has 4 N–H and O–H groups in total. The number of hydrogen-bond donors (Lipinski definition) is 3. The zero-order valence-corrected chi connectivity index (χ0v) is 10.8. The number of sulfonamides is 1. The minimum atomic E-state index is -3.87. The van der Waals surface area contributed by atoms with Gasteiger partial charge in [0.05, 0.1) is 0 Å². The SMILES string of the molecule is CCN[C@H](C)Cc1ccc(O)c(S(N)(=O)=O)c1. The Hall–Kier alpha value is -1.11. The lowest BCUT2D eigenvalue weighted by Crippen LogP contribution is -2.27. The molecule has 0 aliphatic heterocycles. The van der Waals surface area contributed by atoms with E-state index in [2.05, 4.69) is 5.32 Å². The van der Waals surface area contributed by atoms with Gasteiger partial charge in [-0.15, -0.1) is 0 Å². The number of rotatable bonds is 5. The molecule has 0 aliphatic rings. The number of benzene rings is 1. The maximum atomic E-state index is 11.2. The molecule has 1 rings (SSSR count). The van der Waals surface area contributed by atoms with Crippen LogP contribution in [0.15, 0.2) is 23.1 Å². The first-order chi connectivity index (χ1) is 7.84. The summed E-state index contributed by atoms with van der Waals surface area (Å²) < 4.78 is 22.4. The summed E-state index contributed by atoms with van der Waals surface area (Å²) in [4.78, 5) is -0.223. The van der Waals surface area contributed by atoms with Gasteiger partial charge in [-0.3, -0.25) is 0 Å². The summed E-state index contributed by atoms with van der Waals surface area (Å²) in [5, 5.41) is 17.7. The maximum Gasteiger partial charge on any atom is 0.241 e. The summed E-state index contributed by atoms with van der Waals surface area (Å²) in [6, 6.07) is 4.70. The molecule has 0 unspecified atom stereocenters. The van der Waals surface area contributed by atoms with E-state index in [0.717, 1.165) is 12.1 Å². The highest BCUT2D eigenvalue weighted by Crippen LogP contribution is 2.22. The lowest BCUT2D eigenvalue weighted by molar-refractivity contribution is 0.458. The van der Waals surface area contributed by atoms with Crippen molar-refractivity contribution in [2.45, 2.75) is 31.2 Å². The molecule has 17 heavy (non-hydrogen) atoms. The van der Waals surface area contributed by atoms with Crippen LogP contribution in [-0.2, 0) is 16.4 Å². The predicted molar refractivity (Wildman–Crippen MR) is 66.3 cm³/mol. The summed E-state index contributed by atoms with van der Waals surface area (Å²) in [5.41, 5.74) is 0.820. The van der Waals surface area contributed by atoms with Crippen LogP contribution in [0.25, 0.3) is 0 Å². The minimum absolute atomic E-state index is 0.223. The van der Waals surface area contributed by atoms with Crippen molar-refractivity contribution >= 4 is 10.0 Å².